The number of rotatable bonds is 1. The highest BCUT2D eigenvalue weighted by molar-refractivity contribution is 8.10. The van der Waals surface area contributed by atoms with E-state index in [4.69, 9.17) is 0 Å². The van der Waals surface area contributed by atoms with Gasteiger partial charge in [-0.3, -0.25) is 4.79 Å². The molecule has 2 aliphatic rings. The topological polar surface area (TPSA) is 54.5 Å². The molecule has 1 amide bonds. The van der Waals surface area contributed by atoms with Crippen LogP contribution < -0.4 is 0 Å². The minimum atomic E-state index is -4.82. The quantitative estimate of drug-likeness (QED) is 0.684. The Balaban J connectivity index is 2.39. The van der Waals surface area contributed by atoms with Crippen molar-refractivity contribution < 1.29 is 26.4 Å². The average Bonchev–Trinajstić information content (AvgIpc) is 2.39. The summed E-state index contributed by atoms with van der Waals surface area (Å²) in [6.07, 6.45) is 5.35. The van der Waals surface area contributed by atoms with Crippen molar-refractivity contribution in [3.63, 3.8) is 0 Å². The van der Waals surface area contributed by atoms with Gasteiger partial charge in [-0.25, -0.2) is 8.42 Å². The third-order valence-corrected chi connectivity index (χ3v) is 5.49. The summed E-state index contributed by atoms with van der Waals surface area (Å²) in [6, 6.07) is 0. The number of nitrogens with zero attached hydrogens (tertiary/aromatic N) is 1. The van der Waals surface area contributed by atoms with E-state index >= 15 is 0 Å². The second-order valence-corrected chi connectivity index (χ2v) is 6.59. The Hall–Kier alpha value is -0.960. The van der Waals surface area contributed by atoms with Crippen LogP contribution in [0.1, 0.15) is 0 Å². The van der Waals surface area contributed by atoms with Gasteiger partial charge in [-0.15, -0.1) is 0 Å². The first-order valence-corrected chi connectivity index (χ1v) is 6.70. The number of amides is 1. The van der Waals surface area contributed by atoms with E-state index < -0.39 is 44.6 Å². The van der Waals surface area contributed by atoms with Gasteiger partial charge in [-0.2, -0.15) is 16.9 Å². The van der Waals surface area contributed by atoms with Crippen LogP contribution in [0, 0.1) is 5.92 Å². The van der Waals surface area contributed by atoms with E-state index in [-0.39, 0.29) is 3.71 Å². The highest BCUT2D eigenvalue weighted by atomic mass is 32.3. The number of alkyl halides is 3. The molecular weight excluding hydrogens is 279 g/mol. The predicted molar refractivity (Wildman–Crippen MR) is 55.0 cm³/mol. The number of hydrogen-bond donors (Lipinski definition) is 0. The molecule has 0 spiro atoms. The molecule has 1 heterocycles. The molecule has 0 N–H and O–H groups in total. The van der Waals surface area contributed by atoms with Crippen molar-refractivity contribution in [2.75, 3.05) is 0 Å². The van der Waals surface area contributed by atoms with Crippen LogP contribution in [-0.2, 0) is 14.8 Å². The lowest BCUT2D eigenvalue weighted by Gasteiger charge is -2.15. The predicted octanol–water partition coefficient (Wildman–Crippen LogP) is 1.44. The molecule has 0 bridgehead atoms. The number of halogens is 3. The van der Waals surface area contributed by atoms with Crippen LogP contribution >= 0.6 is 11.9 Å². The fourth-order valence-corrected chi connectivity index (χ4v) is 4.47. The molecule has 2 rings (SSSR count). The summed E-state index contributed by atoms with van der Waals surface area (Å²) in [5, 5.41) is -1.23. The fraction of sp³-hybridized carbons (Fsp3) is 0.375. The van der Waals surface area contributed by atoms with Crippen LogP contribution in [0.2, 0.25) is 0 Å². The highest BCUT2D eigenvalue weighted by Crippen LogP contribution is 2.43. The minimum Gasteiger partial charge on any atom is -0.272 e. The smallest absolute Gasteiger partial charge is 0.272 e. The Labute approximate surface area is 99.3 Å². The van der Waals surface area contributed by atoms with Gasteiger partial charge in [0.25, 0.3) is 15.9 Å². The number of carbonyl (C=O) groups is 1. The number of allylic oxidation sites excluding steroid dienone is 2. The van der Waals surface area contributed by atoms with Gasteiger partial charge in [0.15, 0.2) is 0 Å². The molecule has 0 aromatic heterocycles. The Morgan fingerprint density at radius 2 is 1.82 bits per heavy atom. The van der Waals surface area contributed by atoms with Crippen molar-refractivity contribution in [1.29, 1.82) is 0 Å². The molecule has 0 radical (unpaired) electrons. The van der Waals surface area contributed by atoms with Gasteiger partial charge >= 0.3 is 5.51 Å². The number of carbonyl (C=O) groups excluding carboxylic acids is 1. The van der Waals surface area contributed by atoms with Crippen LogP contribution in [0.4, 0.5) is 13.2 Å². The second-order valence-electron chi connectivity index (χ2n) is 3.41. The standard InChI is InChI=1S/C8H6F3NO3S2/c9-8(10,11)16-12-7(13)5-3-1-2-4-6(5)17(12,14)15/h1-6H. The van der Waals surface area contributed by atoms with E-state index in [1.54, 1.807) is 0 Å². The maximum Gasteiger partial charge on any atom is 0.462 e. The monoisotopic (exact) mass is 285 g/mol. The molecule has 1 fully saturated rings. The van der Waals surface area contributed by atoms with Crippen molar-refractivity contribution in [3.05, 3.63) is 24.3 Å². The maximum absolute atomic E-state index is 12.2. The number of fused-ring (bicyclic) bond motifs is 1. The first-order chi connectivity index (χ1) is 7.73. The van der Waals surface area contributed by atoms with Crippen LogP contribution in [0.25, 0.3) is 0 Å². The SMILES string of the molecule is O=C1C2C=CC=CC2S(=O)(=O)N1SC(F)(F)F. The molecule has 0 aromatic rings. The zero-order chi connectivity index (χ0) is 12.8. The Bertz CT molecular complexity index is 509. The van der Waals surface area contributed by atoms with Gasteiger partial charge in [-0.05, 0) is 0 Å². The Morgan fingerprint density at radius 1 is 1.24 bits per heavy atom. The summed E-state index contributed by atoms with van der Waals surface area (Å²) in [6.45, 7) is 0. The first kappa shape index (κ1) is 12.5. The molecule has 17 heavy (non-hydrogen) atoms. The van der Waals surface area contributed by atoms with Crippen molar-refractivity contribution in [1.82, 2.24) is 3.71 Å². The summed E-state index contributed by atoms with van der Waals surface area (Å²) < 4.78 is 59.8. The summed E-state index contributed by atoms with van der Waals surface area (Å²) >= 11 is -0.927. The van der Waals surface area contributed by atoms with Crippen molar-refractivity contribution in [2.45, 2.75) is 10.8 Å². The zero-order valence-corrected chi connectivity index (χ0v) is 9.72. The Kier molecular flexibility index (Phi) is 2.77. The van der Waals surface area contributed by atoms with E-state index in [0.29, 0.717) is 0 Å². The third-order valence-electron chi connectivity index (χ3n) is 2.31. The molecule has 1 aliphatic heterocycles. The lowest BCUT2D eigenvalue weighted by molar-refractivity contribution is -0.124. The van der Waals surface area contributed by atoms with E-state index in [0.717, 1.165) is 0 Å². The minimum absolute atomic E-state index is 0.164. The zero-order valence-electron chi connectivity index (χ0n) is 8.09. The summed E-state index contributed by atoms with van der Waals surface area (Å²) in [5.74, 6) is -2.11. The van der Waals surface area contributed by atoms with Gasteiger partial charge in [0.05, 0.1) is 17.9 Å². The first-order valence-electron chi connectivity index (χ1n) is 4.42. The summed E-state index contributed by atoms with van der Waals surface area (Å²) in [5.41, 5.74) is -4.82. The lowest BCUT2D eigenvalue weighted by Crippen LogP contribution is -2.28. The van der Waals surface area contributed by atoms with Crippen molar-refractivity contribution >= 4 is 27.9 Å². The van der Waals surface area contributed by atoms with Gasteiger partial charge in [0, 0.05) is 0 Å². The van der Waals surface area contributed by atoms with Crippen LogP contribution in [0.3, 0.4) is 0 Å². The highest BCUT2D eigenvalue weighted by Gasteiger charge is 2.54. The molecule has 0 aromatic carbocycles. The van der Waals surface area contributed by atoms with E-state index in [9.17, 15) is 26.4 Å². The van der Waals surface area contributed by atoms with Gasteiger partial charge < -0.3 is 0 Å². The fourth-order valence-electron chi connectivity index (χ4n) is 1.64. The van der Waals surface area contributed by atoms with E-state index in [1.807, 2.05) is 0 Å². The molecule has 1 aliphatic carbocycles. The summed E-state index contributed by atoms with van der Waals surface area (Å²) in [7, 11) is -4.28. The lowest BCUT2D eigenvalue weighted by atomic mass is 10.0. The molecule has 2 atom stereocenters. The van der Waals surface area contributed by atoms with Gasteiger partial charge in [-0.1, -0.05) is 24.3 Å². The van der Waals surface area contributed by atoms with Gasteiger partial charge in [0.2, 0.25) is 0 Å². The maximum atomic E-state index is 12.2. The number of hydrogen-bond acceptors (Lipinski definition) is 4. The molecule has 9 heteroatoms. The third kappa shape index (κ3) is 2.08. The molecular formula is C8H6F3NO3S2. The summed E-state index contributed by atoms with van der Waals surface area (Å²) in [4.78, 5) is 11.6. The van der Waals surface area contributed by atoms with Crippen molar-refractivity contribution in [2.24, 2.45) is 5.92 Å². The van der Waals surface area contributed by atoms with Crippen LogP contribution in [0.15, 0.2) is 24.3 Å². The second kappa shape index (κ2) is 3.77. The van der Waals surface area contributed by atoms with Gasteiger partial charge in [0.1, 0.15) is 5.25 Å². The molecule has 94 valence electrons. The largest absolute Gasteiger partial charge is 0.462 e. The average molecular weight is 285 g/mol. The van der Waals surface area contributed by atoms with E-state index in [2.05, 4.69) is 0 Å². The molecule has 2 unspecified atom stereocenters. The molecule has 0 saturated carbocycles. The molecule has 1 saturated heterocycles. The normalized spacial score (nSPS) is 30.8. The Morgan fingerprint density at radius 3 is 2.35 bits per heavy atom. The number of sulfonamides is 1. The molecule has 4 nitrogen and oxygen atoms in total. The van der Waals surface area contributed by atoms with E-state index in [1.165, 1.54) is 24.3 Å². The van der Waals surface area contributed by atoms with Crippen molar-refractivity contribution in [3.8, 4) is 0 Å². The van der Waals surface area contributed by atoms with Crippen LogP contribution in [-0.4, -0.2) is 28.8 Å². The van der Waals surface area contributed by atoms with Crippen LogP contribution in [0.5, 0.6) is 0 Å².